The SMILES string of the molecule is O=C(COc1cccc(C=C2C(=O)NC(=O)N(c3ccc(F)cc3)C2=O)c1)Nc1ccccc1F. The number of hydrogen-bond donors (Lipinski definition) is 2. The van der Waals surface area contributed by atoms with Gasteiger partial charge < -0.3 is 10.1 Å². The summed E-state index contributed by atoms with van der Waals surface area (Å²) in [6.45, 7) is -0.416. The van der Waals surface area contributed by atoms with E-state index < -0.39 is 42.0 Å². The van der Waals surface area contributed by atoms with E-state index in [0.717, 1.165) is 17.0 Å². The Kier molecular flexibility index (Phi) is 6.63. The van der Waals surface area contributed by atoms with E-state index >= 15 is 0 Å². The molecule has 4 rings (SSSR count). The van der Waals surface area contributed by atoms with E-state index in [0.29, 0.717) is 5.56 Å². The van der Waals surface area contributed by atoms with E-state index in [1.807, 2.05) is 0 Å². The van der Waals surface area contributed by atoms with Crippen molar-refractivity contribution in [1.29, 1.82) is 0 Å². The maximum absolute atomic E-state index is 13.7. The molecule has 35 heavy (non-hydrogen) atoms. The normalized spacial score (nSPS) is 14.6. The highest BCUT2D eigenvalue weighted by Gasteiger charge is 2.36. The zero-order valence-electron chi connectivity index (χ0n) is 18.0. The molecule has 3 aromatic rings. The number of imide groups is 2. The zero-order chi connectivity index (χ0) is 24.9. The van der Waals surface area contributed by atoms with Gasteiger partial charge in [0.1, 0.15) is 23.0 Å². The molecule has 0 atom stereocenters. The van der Waals surface area contributed by atoms with E-state index in [9.17, 15) is 28.0 Å². The Labute approximate surface area is 197 Å². The lowest BCUT2D eigenvalue weighted by molar-refractivity contribution is -0.122. The van der Waals surface area contributed by atoms with Crippen molar-refractivity contribution in [2.24, 2.45) is 0 Å². The molecule has 1 saturated heterocycles. The number of hydrogen-bond acceptors (Lipinski definition) is 5. The highest BCUT2D eigenvalue weighted by atomic mass is 19.1. The van der Waals surface area contributed by atoms with Gasteiger partial charge in [-0.15, -0.1) is 0 Å². The van der Waals surface area contributed by atoms with E-state index in [4.69, 9.17) is 4.74 Å². The number of urea groups is 1. The van der Waals surface area contributed by atoms with Gasteiger partial charge in [0.25, 0.3) is 17.7 Å². The van der Waals surface area contributed by atoms with Gasteiger partial charge in [-0.05, 0) is 60.2 Å². The van der Waals surface area contributed by atoms with Crippen LogP contribution >= 0.6 is 0 Å². The van der Waals surface area contributed by atoms with Gasteiger partial charge >= 0.3 is 6.03 Å². The van der Waals surface area contributed by atoms with Crippen LogP contribution in [-0.4, -0.2) is 30.4 Å². The van der Waals surface area contributed by atoms with Crippen LogP contribution in [0.1, 0.15) is 5.56 Å². The minimum Gasteiger partial charge on any atom is -0.484 e. The summed E-state index contributed by atoms with van der Waals surface area (Å²) < 4.78 is 32.3. The van der Waals surface area contributed by atoms with Crippen molar-refractivity contribution in [2.75, 3.05) is 16.8 Å². The summed E-state index contributed by atoms with van der Waals surface area (Å²) in [4.78, 5) is 50.3. The van der Waals surface area contributed by atoms with Crippen LogP contribution < -0.4 is 20.3 Å². The molecule has 0 radical (unpaired) electrons. The highest BCUT2D eigenvalue weighted by molar-refractivity contribution is 6.39. The zero-order valence-corrected chi connectivity index (χ0v) is 18.0. The number of carbonyl (C=O) groups is 4. The predicted molar refractivity (Wildman–Crippen MR) is 122 cm³/mol. The summed E-state index contributed by atoms with van der Waals surface area (Å²) in [6, 6.07) is 15.5. The first-order chi connectivity index (χ1) is 16.8. The third-order valence-corrected chi connectivity index (χ3v) is 4.87. The van der Waals surface area contributed by atoms with Gasteiger partial charge in [-0.2, -0.15) is 0 Å². The Morgan fingerprint density at radius 1 is 0.971 bits per heavy atom. The molecule has 0 aromatic heterocycles. The van der Waals surface area contributed by atoms with Crippen molar-refractivity contribution in [1.82, 2.24) is 5.32 Å². The first-order valence-corrected chi connectivity index (χ1v) is 10.3. The molecule has 0 bridgehead atoms. The molecule has 2 N–H and O–H groups in total. The van der Waals surface area contributed by atoms with Crippen LogP contribution in [0.15, 0.2) is 78.4 Å². The Balaban J connectivity index is 1.49. The quantitative estimate of drug-likeness (QED) is 0.417. The van der Waals surface area contributed by atoms with Crippen molar-refractivity contribution >= 4 is 41.2 Å². The molecular weight excluding hydrogens is 460 g/mol. The standard InChI is InChI=1S/C25H17F2N3O5/c26-16-8-10-17(11-9-16)30-24(33)19(23(32)29-25(30)34)13-15-4-3-5-18(12-15)35-14-22(31)28-21-7-2-1-6-20(21)27/h1-13H,14H2,(H,28,31)(H,29,32,34). The van der Waals surface area contributed by atoms with Gasteiger partial charge in [0.2, 0.25) is 0 Å². The van der Waals surface area contributed by atoms with Gasteiger partial charge in [-0.1, -0.05) is 24.3 Å². The molecular formula is C25H17F2N3O5. The third-order valence-electron chi connectivity index (χ3n) is 4.87. The molecule has 0 unspecified atom stereocenters. The Morgan fingerprint density at radius 3 is 2.46 bits per heavy atom. The molecule has 176 valence electrons. The second-order valence-electron chi connectivity index (χ2n) is 7.32. The number of anilines is 2. The fourth-order valence-electron chi connectivity index (χ4n) is 3.24. The van der Waals surface area contributed by atoms with Crippen molar-refractivity contribution in [3.05, 3.63) is 95.6 Å². The van der Waals surface area contributed by atoms with E-state index in [2.05, 4.69) is 10.6 Å². The van der Waals surface area contributed by atoms with Crippen molar-refractivity contribution in [3.8, 4) is 5.75 Å². The maximum atomic E-state index is 13.7. The van der Waals surface area contributed by atoms with Gasteiger partial charge in [0.05, 0.1) is 11.4 Å². The molecule has 8 nitrogen and oxygen atoms in total. The van der Waals surface area contributed by atoms with Gasteiger partial charge in [0.15, 0.2) is 6.61 Å². The summed E-state index contributed by atoms with van der Waals surface area (Å²) in [5, 5.41) is 4.47. The van der Waals surface area contributed by atoms with Crippen LogP contribution in [0.2, 0.25) is 0 Å². The first-order valence-electron chi connectivity index (χ1n) is 10.3. The lowest BCUT2D eigenvalue weighted by Gasteiger charge is -2.26. The Hall–Kier alpha value is -4.86. The summed E-state index contributed by atoms with van der Waals surface area (Å²) in [5.74, 6) is -3.26. The predicted octanol–water partition coefficient (Wildman–Crippen LogP) is 3.65. The molecule has 1 aliphatic rings. The maximum Gasteiger partial charge on any atom is 0.335 e. The number of para-hydroxylation sites is 1. The second kappa shape index (κ2) is 9.96. The molecule has 0 spiro atoms. The largest absolute Gasteiger partial charge is 0.484 e. The average molecular weight is 477 g/mol. The van der Waals surface area contributed by atoms with Crippen molar-refractivity contribution in [2.45, 2.75) is 0 Å². The number of barbiturate groups is 1. The molecule has 10 heteroatoms. The molecule has 1 aliphatic heterocycles. The highest BCUT2D eigenvalue weighted by Crippen LogP contribution is 2.23. The summed E-state index contributed by atoms with van der Waals surface area (Å²) in [7, 11) is 0. The van der Waals surface area contributed by atoms with Gasteiger partial charge in [-0.3, -0.25) is 19.7 Å². The Bertz CT molecular complexity index is 1360. The second-order valence-corrected chi connectivity index (χ2v) is 7.32. The molecule has 5 amide bonds. The number of carbonyl (C=O) groups excluding carboxylic acids is 4. The lowest BCUT2D eigenvalue weighted by Crippen LogP contribution is -2.54. The van der Waals surface area contributed by atoms with Crippen molar-refractivity contribution < 1.29 is 32.7 Å². The first kappa shape index (κ1) is 23.3. The number of nitrogens with zero attached hydrogens (tertiary/aromatic N) is 1. The van der Waals surface area contributed by atoms with Crippen LogP contribution in [0, 0.1) is 11.6 Å². The van der Waals surface area contributed by atoms with Crippen LogP contribution in [-0.2, 0) is 14.4 Å². The van der Waals surface area contributed by atoms with Crippen LogP contribution in [0.5, 0.6) is 5.75 Å². The van der Waals surface area contributed by atoms with Crippen molar-refractivity contribution in [3.63, 3.8) is 0 Å². The average Bonchev–Trinajstić information content (AvgIpc) is 2.83. The monoisotopic (exact) mass is 477 g/mol. The topological polar surface area (TPSA) is 105 Å². The van der Waals surface area contributed by atoms with Gasteiger partial charge in [0, 0.05) is 0 Å². The number of rotatable bonds is 6. The summed E-state index contributed by atoms with van der Waals surface area (Å²) in [5.41, 5.74) is 0.152. The number of benzene rings is 3. The molecule has 0 aliphatic carbocycles. The Morgan fingerprint density at radius 2 is 1.71 bits per heavy atom. The lowest BCUT2D eigenvalue weighted by atomic mass is 10.1. The molecule has 1 fully saturated rings. The van der Waals surface area contributed by atoms with E-state index in [1.54, 1.807) is 24.3 Å². The van der Waals surface area contributed by atoms with E-state index in [1.165, 1.54) is 42.5 Å². The summed E-state index contributed by atoms with van der Waals surface area (Å²) >= 11 is 0. The smallest absolute Gasteiger partial charge is 0.335 e. The number of ether oxygens (including phenoxy) is 1. The molecule has 3 aromatic carbocycles. The fourth-order valence-corrected chi connectivity index (χ4v) is 3.24. The summed E-state index contributed by atoms with van der Waals surface area (Å²) in [6.07, 6.45) is 1.26. The van der Waals surface area contributed by atoms with Gasteiger partial charge in [-0.25, -0.2) is 18.5 Å². The minimum absolute atomic E-state index is 0.0154. The van der Waals surface area contributed by atoms with Crippen LogP contribution in [0.25, 0.3) is 6.08 Å². The molecule has 0 saturated carbocycles. The minimum atomic E-state index is -0.957. The number of nitrogens with one attached hydrogen (secondary N) is 2. The molecule has 1 heterocycles. The van der Waals surface area contributed by atoms with Crippen LogP contribution in [0.3, 0.4) is 0 Å². The third kappa shape index (κ3) is 5.38. The number of halogens is 2. The van der Waals surface area contributed by atoms with Crippen LogP contribution in [0.4, 0.5) is 25.0 Å². The fraction of sp³-hybridized carbons (Fsp3) is 0.0400. The number of amides is 5. The van der Waals surface area contributed by atoms with E-state index in [-0.39, 0.29) is 22.7 Å².